The Morgan fingerprint density at radius 1 is 1.32 bits per heavy atom. The highest BCUT2D eigenvalue weighted by Crippen LogP contribution is 2.34. The van der Waals surface area contributed by atoms with E-state index in [0.29, 0.717) is 11.5 Å². The molecule has 2 rings (SSSR count). The first-order valence-electron chi connectivity index (χ1n) is 5.97. The largest absolute Gasteiger partial charge is 0.481 e. The summed E-state index contributed by atoms with van der Waals surface area (Å²) >= 11 is 0. The van der Waals surface area contributed by atoms with Gasteiger partial charge >= 0.3 is 5.97 Å². The van der Waals surface area contributed by atoms with Crippen LogP contribution in [0.25, 0.3) is 0 Å². The van der Waals surface area contributed by atoms with Crippen LogP contribution in [-0.2, 0) is 9.59 Å². The number of hydrogen-bond donors (Lipinski definition) is 2. The van der Waals surface area contributed by atoms with E-state index >= 15 is 0 Å². The number of carbonyl (C=O) groups is 2. The summed E-state index contributed by atoms with van der Waals surface area (Å²) in [4.78, 5) is 21.9. The summed E-state index contributed by atoms with van der Waals surface area (Å²) in [5.74, 6) is 0.0794. The van der Waals surface area contributed by atoms with Crippen LogP contribution in [0.5, 0.6) is 11.5 Å². The fourth-order valence-corrected chi connectivity index (χ4v) is 1.80. The van der Waals surface area contributed by atoms with Crippen LogP contribution in [0.1, 0.15) is 31.4 Å². The van der Waals surface area contributed by atoms with Crippen LogP contribution in [0.3, 0.4) is 0 Å². The van der Waals surface area contributed by atoms with Crippen LogP contribution in [0.4, 0.5) is 0 Å². The van der Waals surface area contributed by atoms with Crippen LogP contribution in [0, 0.1) is 0 Å². The Kier molecular flexibility index (Phi) is 3.89. The van der Waals surface area contributed by atoms with Crippen molar-refractivity contribution in [1.29, 1.82) is 0 Å². The zero-order valence-corrected chi connectivity index (χ0v) is 10.5. The Morgan fingerprint density at radius 2 is 2.05 bits per heavy atom. The number of rotatable bonds is 5. The number of carboxylic acid groups (broad SMARTS) is 1. The van der Waals surface area contributed by atoms with Crippen molar-refractivity contribution >= 4 is 11.9 Å². The minimum atomic E-state index is -0.981. The molecule has 19 heavy (non-hydrogen) atoms. The molecule has 1 aliphatic heterocycles. The lowest BCUT2D eigenvalue weighted by molar-refractivity contribution is -0.138. The molecule has 6 heteroatoms. The Hall–Kier alpha value is -2.24. The third-order valence-electron chi connectivity index (χ3n) is 2.84. The van der Waals surface area contributed by atoms with E-state index < -0.39 is 5.97 Å². The van der Waals surface area contributed by atoms with Crippen molar-refractivity contribution in [3.63, 3.8) is 0 Å². The van der Waals surface area contributed by atoms with Crippen LogP contribution >= 0.6 is 0 Å². The molecule has 0 spiro atoms. The summed E-state index contributed by atoms with van der Waals surface area (Å²) in [5, 5.41) is 11.3. The standard InChI is InChI=1S/C13H15NO5/c1-8(14-12(15)4-5-13(16)17)9-2-3-10-11(6-9)19-7-18-10/h2-3,6,8H,4-5,7H2,1H3,(H,14,15)(H,16,17). The molecular formula is C13H15NO5. The highest BCUT2D eigenvalue weighted by Gasteiger charge is 2.17. The molecule has 1 aliphatic rings. The molecule has 1 unspecified atom stereocenters. The maximum atomic E-state index is 11.5. The molecule has 1 heterocycles. The summed E-state index contributed by atoms with van der Waals surface area (Å²) in [5.41, 5.74) is 0.882. The second kappa shape index (κ2) is 5.60. The first-order valence-corrected chi connectivity index (χ1v) is 5.97. The lowest BCUT2D eigenvalue weighted by Crippen LogP contribution is -2.26. The summed E-state index contributed by atoms with van der Waals surface area (Å²) in [6.07, 6.45) is -0.191. The molecule has 6 nitrogen and oxygen atoms in total. The lowest BCUT2D eigenvalue weighted by Gasteiger charge is -2.14. The quantitative estimate of drug-likeness (QED) is 0.841. The van der Waals surface area contributed by atoms with Crippen molar-refractivity contribution < 1.29 is 24.2 Å². The molecule has 1 amide bonds. The van der Waals surface area contributed by atoms with Gasteiger partial charge in [0.05, 0.1) is 12.5 Å². The molecule has 0 aromatic heterocycles. The van der Waals surface area contributed by atoms with E-state index in [-0.39, 0.29) is 31.6 Å². The van der Waals surface area contributed by atoms with Crippen molar-refractivity contribution in [2.75, 3.05) is 6.79 Å². The second-order valence-corrected chi connectivity index (χ2v) is 4.30. The van der Waals surface area contributed by atoms with Gasteiger partial charge in [-0.05, 0) is 24.6 Å². The number of amides is 1. The highest BCUT2D eigenvalue weighted by molar-refractivity contribution is 5.80. The summed E-state index contributed by atoms with van der Waals surface area (Å²) in [7, 11) is 0. The maximum absolute atomic E-state index is 11.5. The number of benzene rings is 1. The van der Waals surface area contributed by atoms with Gasteiger partial charge in [-0.2, -0.15) is 0 Å². The number of ether oxygens (including phenoxy) is 2. The van der Waals surface area contributed by atoms with Crippen molar-refractivity contribution in [3.8, 4) is 11.5 Å². The van der Waals surface area contributed by atoms with Gasteiger partial charge in [-0.3, -0.25) is 9.59 Å². The van der Waals surface area contributed by atoms with Gasteiger partial charge in [0.2, 0.25) is 12.7 Å². The average Bonchev–Trinajstić information content (AvgIpc) is 2.83. The van der Waals surface area contributed by atoms with Crippen molar-refractivity contribution in [2.24, 2.45) is 0 Å². The van der Waals surface area contributed by atoms with Crippen LogP contribution < -0.4 is 14.8 Å². The van der Waals surface area contributed by atoms with Gasteiger partial charge in [0.25, 0.3) is 0 Å². The third-order valence-corrected chi connectivity index (χ3v) is 2.84. The summed E-state index contributed by atoms with van der Waals surface area (Å²) in [6.45, 7) is 2.04. The van der Waals surface area contributed by atoms with Crippen LogP contribution in [-0.4, -0.2) is 23.8 Å². The Balaban J connectivity index is 1.94. The minimum absolute atomic E-state index is 0.0236. The van der Waals surface area contributed by atoms with E-state index in [4.69, 9.17) is 14.6 Å². The number of fused-ring (bicyclic) bond motifs is 1. The maximum Gasteiger partial charge on any atom is 0.303 e. The number of carboxylic acids is 1. The van der Waals surface area contributed by atoms with Gasteiger partial charge < -0.3 is 19.9 Å². The molecule has 0 aliphatic carbocycles. The van der Waals surface area contributed by atoms with E-state index in [1.165, 1.54) is 0 Å². The normalized spacial score (nSPS) is 13.9. The molecule has 1 aromatic rings. The Morgan fingerprint density at radius 3 is 2.79 bits per heavy atom. The van der Waals surface area contributed by atoms with Gasteiger partial charge in [-0.15, -0.1) is 0 Å². The van der Waals surface area contributed by atoms with E-state index in [2.05, 4.69) is 5.32 Å². The Labute approximate surface area is 110 Å². The summed E-state index contributed by atoms with van der Waals surface area (Å²) < 4.78 is 10.5. The first kappa shape index (κ1) is 13.2. The number of aliphatic carboxylic acids is 1. The minimum Gasteiger partial charge on any atom is -0.481 e. The fourth-order valence-electron chi connectivity index (χ4n) is 1.80. The van der Waals surface area contributed by atoms with Crippen LogP contribution in [0.2, 0.25) is 0 Å². The molecule has 0 bridgehead atoms. The number of hydrogen-bond acceptors (Lipinski definition) is 4. The van der Waals surface area contributed by atoms with Crippen LogP contribution in [0.15, 0.2) is 18.2 Å². The monoisotopic (exact) mass is 265 g/mol. The first-order chi connectivity index (χ1) is 9.06. The molecule has 0 radical (unpaired) electrons. The van der Waals surface area contributed by atoms with Gasteiger partial charge in [-0.25, -0.2) is 0 Å². The smallest absolute Gasteiger partial charge is 0.303 e. The summed E-state index contributed by atoms with van der Waals surface area (Å²) in [6, 6.07) is 5.23. The topological polar surface area (TPSA) is 84.9 Å². The zero-order valence-electron chi connectivity index (χ0n) is 10.5. The molecule has 1 aromatic carbocycles. The number of carbonyl (C=O) groups excluding carboxylic acids is 1. The number of nitrogens with one attached hydrogen (secondary N) is 1. The Bertz CT molecular complexity index is 500. The predicted octanol–water partition coefficient (Wildman–Crippen LogP) is 1.46. The predicted molar refractivity (Wildman–Crippen MR) is 66.0 cm³/mol. The van der Waals surface area contributed by atoms with Crippen molar-refractivity contribution in [3.05, 3.63) is 23.8 Å². The average molecular weight is 265 g/mol. The molecular weight excluding hydrogens is 250 g/mol. The van der Waals surface area contributed by atoms with Gasteiger partial charge in [-0.1, -0.05) is 6.07 Å². The van der Waals surface area contributed by atoms with Crippen molar-refractivity contribution in [2.45, 2.75) is 25.8 Å². The molecule has 0 fully saturated rings. The molecule has 2 N–H and O–H groups in total. The second-order valence-electron chi connectivity index (χ2n) is 4.30. The molecule has 0 saturated carbocycles. The zero-order chi connectivity index (χ0) is 13.8. The molecule has 102 valence electrons. The lowest BCUT2D eigenvalue weighted by atomic mass is 10.1. The SMILES string of the molecule is CC(NC(=O)CCC(=O)O)c1ccc2c(c1)OCO2. The van der Waals surface area contributed by atoms with E-state index in [1.807, 2.05) is 19.1 Å². The van der Waals surface area contributed by atoms with E-state index in [1.54, 1.807) is 6.07 Å². The van der Waals surface area contributed by atoms with Crippen molar-refractivity contribution in [1.82, 2.24) is 5.32 Å². The van der Waals surface area contributed by atoms with Gasteiger partial charge in [0.15, 0.2) is 11.5 Å². The van der Waals surface area contributed by atoms with E-state index in [0.717, 1.165) is 5.56 Å². The fraction of sp³-hybridized carbons (Fsp3) is 0.385. The molecule has 1 atom stereocenters. The van der Waals surface area contributed by atoms with Gasteiger partial charge in [0.1, 0.15) is 0 Å². The highest BCUT2D eigenvalue weighted by atomic mass is 16.7. The molecule has 0 saturated heterocycles. The van der Waals surface area contributed by atoms with Gasteiger partial charge in [0, 0.05) is 6.42 Å². The third kappa shape index (κ3) is 3.37. The van der Waals surface area contributed by atoms with E-state index in [9.17, 15) is 9.59 Å².